The Kier molecular flexibility index (Phi) is 5.28. The number of aryl methyl sites for hydroxylation is 1. The van der Waals surface area contributed by atoms with Crippen LogP contribution in [0.5, 0.6) is 0 Å². The van der Waals surface area contributed by atoms with E-state index in [4.69, 9.17) is 5.73 Å². The van der Waals surface area contributed by atoms with Gasteiger partial charge in [0.25, 0.3) is 0 Å². The molecule has 92 valence electrons. The van der Waals surface area contributed by atoms with Crippen molar-refractivity contribution < 1.29 is 13.2 Å². The highest BCUT2D eigenvalue weighted by atomic mass is 32.1. The van der Waals surface area contributed by atoms with Gasteiger partial charge in [-0.25, -0.2) is 0 Å². The van der Waals surface area contributed by atoms with Gasteiger partial charge in [0.1, 0.15) is 0 Å². The molecule has 1 nitrogen and oxygen atoms in total. The Morgan fingerprint density at radius 1 is 1.31 bits per heavy atom. The van der Waals surface area contributed by atoms with E-state index in [0.29, 0.717) is 6.42 Å². The lowest BCUT2D eigenvalue weighted by molar-refractivity contribution is -0.136. The van der Waals surface area contributed by atoms with Gasteiger partial charge in [0.2, 0.25) is 0 Å². The highest BCUT2D eigenvalue weighted by Crippen LogP contribution is 2.23. The summed E-state index contributed by atoms with van der Waals surface area (Å²) in [5.74, 6) is 0. The molecule has 0 saturated heterocycles. The van der Waals surface area contributed by atoms with Crippen LogP contribution in [0.3, 0.4) is 0 Å². The van der Waals surface area contributed by atoms with E-state index in [2.05, 4.69) is 0 Å². The summed E-state index contributed by atoms with van der Waals surface area (Å²) < 4.78 is 35.7. The Hall–Kier alpha value is -0.550. The molecule has 0 amide bonds. The van der Waals surface area contributed by atoms with Gasteiger partial charge >= 0.3 is 6.18 Å². The van der Waals surface area contributed by atoms with Crippen LogP contribution in [0.4, 0.5) is 13.2 Å². The Morgan fingerprint density at radius 2 is 2.06 bits per heavy atom. The third-order valence-corrected chi connectivity index (χ3v) is 3.31. The smallest absolute Gasteiger partial charge is 0.328 e. The topological polar surface area (TPSA) is 26.0 Å². The molecular weight excluding hydrogens is 235 g/mol. The van der Waals surface area contributed by atoms with Crippen LogP contribution in [-0.4, -0.2) is 12.2 Å². The van der Waals surface area contributed by atoms with Crippen LogP contribution in [-0.2, 0) is 6.42 Å². The summed E-state index contributed by atoms with van der Waals surface area (Å²) in [5, 5.41) is 2.00. The van der Waals surface area contributed by atoms with Crippen LogP contribution >= 0.6 is 11.3 Å². The lowest BCUT2D eigenvalue weighted by Crippen LogP contribution is -2.23. The van der Waals surface area contributed by atoms with E-state index in [9.17, 15) is 13.2 Å². The number of hydrogen-bond acceptors (Lipinski definition) is 2. The van der Waals surface area contributed by atoms with Crippen LogP contribution in [0.15, 0.2) is 17.5 Å². The van der Waals surface area contributed by atoms with Crippen molar-refractivity contribution in [1.29, 1.82) is 0 Å². The van der Waals surface area contributed by atoms with Gasteiger partial charge in [-0.05, 0) is 37.1 Å². The average Bonchev–Trinajstić information content (AvgIpc) is 2.66. The first-order chi connectivity index (χ1) is 7.47. The van der Waals surface area contributed by atoms with Crippen molar-refractivity contribution >= 4 is 11.3 Å². The van der Waals surface area contributed by atoms with Crippen molar-refractivity contribution in [1.82, 2.24) is 0 Å². The normalized spacial score (nSPS) is 14.0. The molecular formula is C11H16F3NS. The molecule has 0 aliphatic carbocycles. The number of alkyl halides is 3. The molecule has 1 aromatic rings. The minimum absolute atomic E-state index is 0.0357. The predicted molar refractivity (Wildman–Crippen MR) is 60.5 cm³/mol. The van der Waals surface area contributed by atoms with Crippen molar-refractivity contribution in [2.24, 2.45) is 5.73 Å². The molecule has 0 spiro atoms. The van der Waals surface area contributed by atoms with E-state index in [1.165, 1.54) is 4.88 Å². The third kappa shape index (κ3) is 6.12. The fraction of sp³-hybridized carbons (Fsp3) is 0.636. The predicted octanol–water partition coefficient (Wildman–Crippen LogP) is 3.74. The summed E-state index contributed by atoms with van der Waals surface area (Å²) in [6, 6.07) is 3.68. The molecule has 1 heterocycles. The number of rotatable bonds is 6. The van der Waals surface area contributed by atoms with Crippen LogP contribution < -0.4 is 5.73 Å². The van der Waals surface area contributed by atoms with Crippen molar-refractivity contribution in [2.75, 3.05) is 0 Å². The lowest BCUT2D eigenvalue weighted by atomic mass is 10.0. The van der Waals surface area contributed by atoms with Gasteiger partial charge in [0, 0.05) is 17.3 Å². The SMILES string of the molecule is NC(CCCc1cccs1)CCC(F)(F)F. The summed E-state index contributed by atoms with van der Waals surface area (Å²) in [6.07, 6.45) is -2.38. The second-order valence-electron chi connectivity index (χ2n) is 3.89. The summed E-state index contributed by atoms with van der Waals surface area (Å²) in [6.45, 7) is 0. The van der Waals surface area contributed by atoms with Gasteiger partial charge in [-0.1, -0.05) is 6.07 Å². The van der Waals surface area contributed by atoms with Crippen LogP contribution in [0, 0.1) is 0 Å². The second-order valence-corrected chi connectivity index (χ2v) is 4.92. The van der Waals surface area contributed by atoms with Crippen molar-refractivity contribution in [3.05, 3.63) is 22.4 Å². The molecule has 0 bridgehead atoms. The van der Waals surface area contributed by atoms with Gasteiger partial charge < -0.3 is 5.73 Å². The van der Waals surface area contributed by atoms with Crippen molar-refractivity contribution in [3.63, 3.8) is 0 Å². The monoisotopic (exact) mass is 251 g/mol. The van der Waals surface area contributed by atoms with Gasteiger partial charge in [-0.3, -0.25) is 0 Å². The standard InChI is InChI=1S/C11H16F3NS/c12-11(13,14)7-6-9(15)3-1-4-10-5-2-8-16-10/h2,5,8-9H,1,3-4,6-7,15H2. The van der Waals surface area contributed by atoms with E-state index >= 15 is 0 Å². The molecule has 0 radical (unpaired) electrons. The zero-order valence-electron chi connectivity index (χ0n) is 8.96. The second kappa shape index (κ2) is 6.25. The fourth-order valence-electron chi connectivity index (χ4n) is 1.49. The molecule has 0 aliphatic rings. The van der Waals surface area contributed by atoms with Crippen LogP contribution in [0.2, 0.25) is 0 Å². The fourth-order valence-corrected chi connectivity index (χ4v) is 2.24. The quantitative estimate of drug-likeness (QED) is 0.819. The van der Waals surface area contributed by atoms with E-state index in [1.54, 1.807) is 11.3 Å². The molecule has 0 saturated carbocycles. The summed E-state index contributed by atoms with van der Waals surface area (Å²) in [5.41, 5.74) is 5.62. The Labute approximate surface area is 97.5 Å². The number of nitrogens with two attached hydrogens (primary N) is 1. The van der Waals surface area contributed by atoms with E-state index in [0.717, 1.165) is 12.8 Å². The highest BCUT2D eigenvalue weighted by molar-refractivity contribution is 7.09. The van der Waals surface area contributed by atoms with Gasteiger partial charge in [-0.15, -0.1) is 11.3 Å². The van der Waals surface area contributed by atoms with Gasteiger partial charge in [0.15, 0.2) is 0 Å². The molecule has 5 heteroatoms. The van der Waals surface area contributed by atoms with Gasteiger partial charge in [0.05, 0.1) is 0 Å². The van der Waals surface area contributed by atoms with E-state index < -0.39 is 12.6 Å². The molecule has 0 aliphatic heterocycles. The van der Waals surface area contributed by atoms with Crippen LogP contribution in [0.1, 0.15) is 30.6 Å². The zero-order chi connectivity index (χ0) is 12.0. The first-order valence-electron chi connectivity index (χ1n) is 5.32. The maximum absolute atomic E-state index is 11.9. The molecule has 1 aromatic heterocycles. The average molecular weight is 251 g/mol. The molecule has 2 N–H and O–H groups in total. The van der Waals surface area contributed by atoms with Crippen LogP contribution in [0.25, 0.3) is 0 Å². The van der Waals surface area contributed by atoms with Gasteiger partial charge in [-0.2, -0.15) is 13.2 Å². The van der Waals surface area contributed by atoms with E-state index in [-0.39, 0.29) is 12.5 Å². The summed E-state index contributed by atoms with van der Waals surface area (Å²) >= 11 is 1.67. The zero-order valence-corrected chi connectivity index (χ0v) is 9.78. The molecule has 16 heavy (non-hydrogen) atoms. The summed E-state index contributed by atoms with van der Waals surface area (Å²) in [7, 11) is 0. The molecule has 1 unspecified atom stereocenters. The molecule has 1 atom stereocenters. The minimum Gasteiger partial charge on any atom is -0.328 e. The van der Waals surface area contributed by atoms with E-state index in [1.807, 2.05) is 17.5 Å². The highest BCUT2D eigenvalue weighted by Gasteiger charge is 2.27. The maximum atomic E-state index is 11.9. The largest absolute Gasteiger partial charge is 0.389 e. The Balaban J connectivity index is 2.09. The summed E-state index contributed by atoms with van der Waals surface area (Å²) in [4.78, 5) is 1.27. The molecule has 1 rings (SSSR count). The minimum atomic E-state index is -4.08. The first-order valence-corrected chi connectivity index (χ1v) is 6.20. The number of hydrogen-bond donors (Lipinski definition) is 1. The Bertz CT molecular complexity index is 282. The molecule has 0 aromatic carbocycles. The maximum Gasteiger partial charge on any atom is 0.389 e. The number of halogens is 3. The Morgan fingerprint density at radius 3 is 2.62 bits per heavy atom. The first kappa shape index (κ1) is 13.5. The third-order valence-electron chi connectivity index (χ3n) is 2.38. The van der Waals surface area contributed by atoms with Crippen molar-refractivity contribution in [2.45, 2.75) is 44.3 Å². The number of thiophene rings is 1. The van der Waals surface area contributed by atoms with Crippen molar-refractivity contribution in [3.8, 4) is 0 Å². The lowest BCUT2D eigenvalue weighted by Gasteiger charge is -2.12. The molecule has 0 fully saturated rings.